The fraction of sp³-hybridized carbons (Fsp3) is 0.238. The van der Waals surface area contributed by atoms with E-state index in [1.54, 1.807) is 48.9 Å². The van der Waals surface area contributed by atoms with Crippen molar-refractivity contribution in [3.8, 4) is 0 Å². The van der Waals surface area contributed by atoms with Crippen LogP contribution in [0, 0.1) is 12.7 Å². The zero-order valence-corrected chi connectivity index (χ0v) is 17.7. The Kier molecular flexibility index (Phi) is 6.83. The largest absolute Gasteiger partial charge is 0.342 e. The molecule has 0 bridgehead atoms. The smallest absolute Gasteiger partial charge is 0.251 e. The number of amides is 2. The molecule has 0 radical (unpaired) electrons. The molecule has 0 saturated heterocycles. The van der Waals surface area contributed by atoms with E-state index in [9.17, 15) is 14.0 Å². The number of rotatable bonds is 7. The third kappa shape index (κ3) is 5.24. The van der Waals surface area contributed by atoms with E-state index < -0.39 is 5.82 Å². The molecule has 156 valence electrons. The lowest BCUT2D eigenvalue weighted by molar-refractivity contribution is -0.113. The van der Waals surface area contributed by atoms with Gasteiger partial charge in [-0.3, -0.25) is 9.59 Å². The number of halogens is 1. The number of benzene rings is 2. The van der Waals surface area contributed by atoms with E-state index in [1.165, 1.54) is 23.9 Å². The number of thioether (sulfide) groups is 1. The number of nitrogens with one attached hydrogen (secondary N) is 2. The first-order valence-electron chi connectivity index (χ1n) is 9.29. The summed E-state index contributed by atoms with van der Waals surface area (Å²) in [4.78, 5) is 24.6. The lowest BCUT2D eigenvalue weighted by Gasteiger charge is -2.13. The molecule has 7 nitrogen and oxygen atoms in total. The van der Waals surface area contributed by atoms with E-state index in [4.69, 9.17) is 0 Å². The van der Waals surface area contributed by atoms with Crippen molar-refractivity contribution >= 4 is 29.3 Å². The number of nitrogens with zero attached hydrogens (tertiary/aromatic N) is 3. The second kappa shape index (κ2) is 9.53. The summed E-state index contributed by atoms with van der Waals surface area (Å²) in [6.07, 6.45) is 0. The molecule has 9 heteroatoms. The van der Waals surface area contributed by atoms with Crippen LogP contribution in [0.2, 0.25) is 0 Å². The van der Waals surface area contributed by atoms with Crippen LogP contribution in [0.15, 0.2) is 53.7 Å². The van der Waals surface area contributed by atoms with Crippen molar-refractivity contribution in [3.63, 3.8) is 0 Å². The van der Waals surface area contributed by atoms with Gasteiger partial charge in [0, 0.05) is 18.3 Å². The lowest BCUT2D eigenvalue weighted by atomic mass is 10.2. The first-order chi connectivity index (χ1) is 14.3. The highest BCUT2D eigenvalue weighted by molar-refractivity contribution is 7.99. The maximum Gasteiger partial charge on any atom is 0.251 e. The van der Waals surface area contributed by atoms with Crippen LogP contribution in [-0.2, 0) is 11.8 Å². The Bertz CT molecular complexity index is 1050. The Balaban J connectivity index is 1.59. The van der Waals surface area contributed by atoms with Gasteiger partial charge in [-0.1, -0.05) is 36.0 Å². The van der Waals surface area contributed by atoms with Crippen molar-refractivity contribution in [2.75, 3.05) is 11.1 Å². The van der Waals surface area contributed by atoms with Gasteiger partial charge < -0.3 is 15.2 Å². The molecule has 0 aliphatic carbocycles. The molecule has 1 heterocycles. The highest BCUT2D eigenvalue weighted by atomic mass is 32.2. The van der Waals surface area contributed by atoms with Crippen molar-refractivity contribution in [2.45, 2.75) is 25.0 Å². The number of aryl methyl sites for hydroxylation is 1. The summed E-state index contributed by atoms with van der Waals surface area (Å²) in [7, 11) is 1.78. The topological polar surface area (TPSA) is 88.9 Å². The number of anilines is 1. The molecule has 3 aromatic rings. The van der Waals surface area contributed by atoms with Crippen molar-refractivity contribution in [1.29, 1.82) is 0 Å². The molecule has 0 aliphatic heterocycles. The van der Waals surface area contributed by atoms with Gasteiger partial charge in [0.15, 0.2) is 11.0 Å². The average molecular weight is 428 g/mol. The number of carbonyl (C=O) groups excluding carboxylic acids is 2. The van der Waals surface area contributed by atoms with Crippen molar-refractivity contribution in [1.82, 2.24) is 20.1 Å². The van der Waals surface area contributed by atoms with Crippen LogP contribution in [0.1, 0.15) is 34.7 Å². The predicted molar refractivity (Wildman–Crippen MR) is 114 cm³/mol. The van der Waals surface area contributed by atoms with Crippen molar-refractivity contribution in [2.24, 2.45) is 7.05 Å². The zero-order chi connectivity index (χ0) is 21.7. The molecule has 0 fully saturated rings. The zero-order valence-electron chi connectivity index (χ0n) is 16.8. The second-order valence-corrected chi connectivity index (χ2v) is 7.70. The van der Waals surface area contributed by atoms with Gasteiger partial charge in [-0.2, -0.15) is 0 Å². The molecule has 0 spiro atoms. The minimum Gasteiger partial charge on any atom is -0.342 e. The Morgan fingerprint density at radius 3 is 2.63 bits per heavy atom. The molecule has 1 aromatic heterocycles. The van der Waals surface area contributed by atoms with Gasteiger partial charge in [-0.25, -0.2) is 4.39 Å². The Labute approximate surface area is 178 Å². The molecule has 0 unspecified atom stereocenters. The Morgan fingerprint density at radius 1 is 1.17 bits per heavy atom. The van der Waals surface area contributed by atoms with Gasteiger partial charge in [0.25, 0.3) is 5.91 Å². The summed E-state index contributed by atoms with van der Waals surface area (Å²) in [5.74, 6) is -0.225. The molecule has 2 N–H and O–H groups in total. The number of carbonyl (C=O) groups is 2. The summed E-state index contributed by atoms with van der Waals surface area (Å²) in [6, 6.07) is 12.8. The van der Waals surface area contributed by atoms with Crippen molar-refractivity contribution < 1.29 is 14.0 Å². The number of aromatic nitrogens is 3. The van der Waals surface area contributed by atoms with Gasteiger partial charge in [0.05, 0.1) is 11.8 Å². The molecule has 0 saturated carbocycles. The van der Waals surface area contributed by atoms with Crippen LogP contribution in [-0.4, -0.2) is 32.3 Å². The van der Waals surface area contributed by atoms with E-state index in [2.05, 4.69) is 20.8 Å². The third-order valence-electron chi connectivity index (χ3n) is 4.45. The van der Waals surface area contributed by atoms with Gasteiger partial charge in [-0.15, -0.1) is 10.2 Å². The first kappa shape index (κ1) is 21.5. The van der Waals surface area contributed by atoms with Crippen LogP contribution in [0.25, 0.3) is 0 Å². The minimum absolute atomic E-state index is 0.0900. The highest BCUT2D eigenvalue weighted by Crippen LogP contribution is 2.21. The number of hydrogen-bond donors (Lipinski definition) is 2. The number of hydrogen-bond acceptors (Lipinski definition) is 5. The maximum atomic E-state index is 13.4. The van der Waals surface area contributed by atoms with Gasteiger partial charge in [0.2, 0.25) is 5.91 Å². The van der Waals surface area contributed by atoms with Crippen molar-refractivity contribution in [3.05, 3.63) is 71.3 Å². The molecule has 2 amide bonds. The van der Waals surface area contributed by atoms with E-state index in [-0.39, 0.29) is 23.6 Å². The quantitative estimate of drug-likeness (QED) is 0.564. The molecular weight excluding hydrogens is 405 g/mol. The van der Waals surface area contributed by atoms with Gasteiger partial charge >= 0.3 is 0 Å². The molecule has 30 heavy (non-hydrogen) atoms. The van der Waals surface area contributed by atoms with Crippen LogP contribution in [0.4, 0.5) is 10.1 Å². The second-order valence-electron chi connectivity index (χ2n) is 6.76. The summed E-state index contributed by atoms with van der Waals surface area (Å²) in [5.41, 5.74) is 1.78. The minimum atomic E-state index is -0.409. The summed E-state index contributed by atoms with van der Waals surface area (Å²) in [6.45, 7) is 3.61. The highest BCUT2D eigenvalue weighted by Gasteiger charge is 2.19. The van der Waals surface area contributed by atoms with E-state index in [0.29, 0.717) is 22.2 Å². The fourth-order valence-electron chi connectivity index (χ4n) is 2.81. The first-order valence-corrected chi connectivity index (χ1v) is 10.3. The molecule has 1 atom stereocenters. The average Bonchev–Trinajstić information content (AvgIpc) is 3.10. The molecule has 2 aromatic carbocycles. The van der Waals surface area contributed by atoms with Crippen LogP contribution < -0.4 is 10.6 Å². The molecule has 0 aliphatic rings. The van der Waals surface area contributed by atoms with E-state index >= 15 is 0 Å². The fourth-order valence-corrected chi connectivity index (χ4v) is 3.53. The van der Waals surface area contributed by atoms with E-state index in [0.717, 1.165) is 5.56 Å². The standard InChI is InChI=1S/C21H22FN5O2S/c1-13-9-10-16(22)11-17(13)24-18(28)12-30-21-26-25-19(27(21)3)14(2)23-20(29)15-7-5-4-6-8-15/h4-11,14H,12H2,1-3H3,(H,23,29)(H,24,28)/t14-/m1/s1. The maximum absolute atomic E-state index is 13.4. The summed E-state index contributed by atoms with van der Waals surface area (Å²) < 4.78 is 15.1. The third-order valence-corrected chi connectivity index (χ3v) is 5.47. The Hall–Kier alpha value is -3.20. The van der Waals surface area contributed by atoms with E-state index in [1.807, 2.05) is 13.0 Å². The van der Waals surface area contributed by atoms with Gasteiger partial charge in [0.1, 0.15) is 5.82 Å². The summed E-state index contributed by atoms with van der Waals surface area (Å²) in [5, 5.41) is 14.4. The lowest BCUT2D eigenvalue weighted by Crippen LogP contribution is -2.28. The molecule has 3 rings (SSSR count). The predicted octanol–water partition coefficient (Wildman–Crippen LogP) is 3.48. The Morgan fingerprint density at radius 2 is 1.90 bits per heavy atom. The SMILES string of the molecule is Cc1ccc(F)cc1NC(=O)CSc1nnc([C@@H](C)NC(=O)c2ccccc2)n1C. The van der Waals surface area contributed by atoms with Crippen LogP contribution >= 0.6 is 11.8 Å². The normalized spacial score (nSPS) is 11.7. The van der Waals surface area contributed by atoms with Gasteiger partial charge in [-0.05, 0) is 43.7 Å². The summed E-state index contributed by atoms with van der Waals surface area (Å²) >= 11 is 1.21. The monoisotopic (exact) mass is 427 g/mol. The van der Waals surface area contributed by atoms with Crippen LogP contribution in [0.5, 0.6) is 0 Å². The molecular formula is C21H22FN5O2S. The van der Waals surface area contributed by atoms with Crippen LogP contribution in [0.3, 0.4) is 0 Å².